The molecule has 2 nitrogen and oxygen atoms in total. The Labute approximate surface area is 181 Å². The Morgan fingerprint density at radius 2 is 1.47 bits per heavy atom. The number of fused-ring (bicyclic) bond motifs is 1. The van der Waals surface area contributed by atoms with E-state index in [1.165, 1.54) is 5.56 Å². The number of hydrogen-bond acceptors (Lipinski definition) is 2. The van der Waals surface area contributed by atoms with Crippen LogP contribution in [0.15, 0.2) is 66.7 Å². The first kappa shape index (κ1) is 22.1. The molecule has 2 heteroatoms. The zero-order chi connectivity index (χ0) is 21.9. The highest BCUT2D eigenvalue weighted by Gasteiger charge is 2.30. The maximum atomic E-state index is 12.6. The number of rotatable bonds is 6. The number of benzene rings is 3. The fraction of sp³-hybridized carbons (Fsp3) is 0.393. The van der Waals surface area contributed by atoms with Gasteiger partial charge in [0.1, 0.15) is 5.75 Å². The van der Waals surface area contributed by atoms with Crippen molar-refractivity contribution in [2.75, 3.05) is 6.61 Å². The Hall–Kier alpha value is -2.61. The summed E-state index contributed by atoms with van der Waals surface area (Å²) in [6.45, 7) is 13.8. The van der Waals surface area contributed by atoms with Gasteiger partial charge in [-0.25, -0.2) is 0 Å². The van der Waals surface area contributed by atoms with Gasteiger partial charge in [0.25, 0.3) is 0 Å². The molecular formula is C28H34O2. The third-order valence-corrected chi connectivity index (χ3v) is 5.59. The summed E-state index contributed by atoms with van der Waals surface area (Å²) in [5.41, 5.74) is 2.45. The summed E-state index contributed by atoms with van der Waals surface area (Å²) in [6, 6.07) is 22.1. The predicted octanol–water partition coefficient (Wildman–Crippen LogP) is 7.67. The molecule has 0 heterocycles. The Kier molecular flexibility index (Phi) is 6.36. The van der Waals surface area contributed by atoms with Crippen LogP contribution in [0.2, 0.25) is 0 Å². The molecule has 1 unspecified atom stereocenters. The summed E-state index contributed by atoms with van der Waals surface area (Å²) in [5.74, 6) is 1.19. The smallest absolute Gasteiger partial charge is 0.200 e. The highest BCUT2D eigenvalue weighted by molar-refractivity contribution is 6.00. The Bertz CT molecular complexity index is 1000. The molecule has 0 N–H and O–H groups in total. The van der Waals surface area contributed by atoms with E-state index >= 15 is 0 Å². The molecule has 0 aromatic heterocycles. The van der Waals surface area contributed by atoms with Crippen LogP contribution in [0.1, 0.15) is 69.8 Å². The molecule has 0 aliphatic heterocycles. The highest BCUT2D eigenvalue weighted by atomic mass is 16.5. The topological polar surface area (TPSA) is 26.3 Å². The summed E-state index contributed by atoms with van der Waals surface area (Å²) in [5, 5.41) is 2.20. The summed E-state index contributed by atoms with van der Waals surface area (Å²) in [4.78, 5) is 12.6. The molecule has 0 saturated heterocycles. The van der Waals surface area contributed by atoms with Gasteiger partial charge in [-0.1, -0.05) is 90.1 Å². The first-order chi connectivity index (χ1) is 14.0. The van der Waals surface area contributed by atoms with Crippen molar-refractivity contribution < 1.29 is 9.53 Å². The van der Waals surface area contributed by atoms with Gasteiger partial charge >= 0.3 is 0 Å². The van der Waals surface area contributed by atoms with Crippen LogP contribution in [0.5, 0.6) is 5.75 Å². The van der Waals surface area contributed by atoms with Gasteiger partial charge in [0.05, 0.1) is 0 Å². The van der Waals surface area contributed by atoms with E-state index in [1.807, 2.05) is 54.6 Å². The lowest BCUT2D eigenvalue weighted by Crippen LogP contribution is -2.23. The first-order valence-electron chi connectivity index (χ1n) is 10.8. The third kappa shape index (κ3) is 5.72. The van der Waals surface area contributed by atoms with E-state index in [1.54, 1.807) is 0 Å². The monoisotopic (exact) mass is 402 g/mol. The van der Waals surface area contributed by atoms with E-state index in [4.69, 9.17) is 4.74 Å². The lowest BCUT2D eigenvalue weighted by atomic mass is 9.69. The van der Waals surface area contributed by atoms with Crippen molar-refractivity contribution in [3.05, 3.63) is 77.9 Å². The quantitative estimate of drug-likeness (QED) is 0.395. The van der Waals surface area contributed by atoms with Gasteiger partial charge in [-0.2, -0.15) is 0 Å². The lowest BCUT2D eigenvalue weighted by molar-refractivity contribution is 0.0921. The minimum Gasteiger partial charge on any atom is -0.485 e. The normalized spacial score (nSPS) is 13.3. The Morgan fingerprint density at radius 1 is 0.833 bits per heavy atom. The molecule has 0 fully saturated rings. The van der Waals surface area contributed by atoms with E-state index in [-0.39, 0.29) is 23.2 Å². The second kappa shape index (κ2) is 8.63. The van der Waals surface area contributed by atoms with E-state index < -0.39 is 0 Å². The fourth-order valence-corrected chi connectivity index (χ4v) is 3.93. The predicted molar refractivity (Wildman–Crippen MR) is 126 cm³/mol. The Balaban J connectivity index is 1.68. The summed E-state index contributed by atoms with van der Waals surface area (Å²) in [6.07, 6.45) is 1.12. The second-order valence-corrected chi connectivity index (χ2v) is 10.5. The number of ether oxygens (including phenoxy) is 1. The molecular weight excluding hydrogens is 368 g/mol. The number of ketones is 1. The molecule has 0 amide bonds. The maximum absolute atomic E-state index is 12.6. The SMILES string of the molecule is CC(C)(C)CC(c1ccc(OCC(=O)c2ccc3ccccc3c2)cc1)C(C)(C)C. The van der Waals surface area contributed by atoms with Crippen molar-refractivity contribution in [3.63, 3.8) is 0 Å². The molecule has 3 aromatic rings. The van der Waals surface area contributed by atoms with Crippen LogP contribution in [0.4, 0.5) is 0 Å². The van der Waals surface area contributed by atoms with Gasteiger partial charge in [-0.3, -0.25) is 4.79 Å². The van der Waals surface area contributed by atoms with Crippen molar-refractivity contribution in [1.29, 1.82) is 0 Å². The van der Waals surface area contributed by atoms with Crippen LogP contribution < -0.4 is 4.74 Å². The zero-order valence-electron chi connectivity index (χ0n) is 19.2. The first-order valence-corrected chi connectivity index (χ1v) is 10.8. The van der Waals surface area contributed by atoms with Gasteiger partial charge in [-0.15, -0.1) is 0 Å². The third-order valence-electron chi connectivity index (χ3n) is 5.59. The summed E-state index contributed by atoms with van der Waals surface area (Å²) in [7, 11) is 0. The zero-order valence-corrected chi connectivity index (χ0v) is 19.2. The fourth-order valence-electron chi connectivity index (χ4n) is 3.93. The van der Waals surface area contributed by atoms with Crippen LogP contribution in [0.3, 0.4) is 0 Å². The van der Waals surface area contributed by atoms with Crippen LogP contribution in [-0.4, -0.2) is 12.4 Å². The van der Waals surface area contributed by atoms with E-state index in [9.17, 15) is 4.79 Å². The van der Waals surface area contributed by atoms with Crippen LogP contribution in [0, 0.1) is 10.8 Å². The summed E-state index contributed by atoms with van der Waals surface area (Å²) >= 11 is 0. The van der Waals surface area contributed by atoms with Gasteiger partial charge in [0.15, 0.2) is 12.4 Å². The number of carbonyl (C=O) groups excluding carboxylic acids is 1. The van der Waals surface area contributed by atoms with Crippen molar-refractivity contribution in [3.8, 4) is 5.75 Å². The summed E-state index contributed by atoms with van der Waals surface area (Å²) < 4.78 is 5.81. The molecule has 0 saturated carbocycles. The van der Waals surface area contributed by atoms with Gasteiger partial charge in [-0.05, 0) is 57.7 Å². The molecule has 30 heavy (non-hydrogen) atoms. The van der Waals surface area contributed by atoms with Crippen LogP contribution in [-0.2, 0) is 0 Å². The van der Waals surface area contributed by atoms with Gasteiger partial charge < -0.3 is 4.74 Å². The minimum absolute atomic E-state index is 0.00914. The molecule has 1 atom stereocenters. The molecule has 0 aliphatic rings. The van der Waals surface area contributed by atoms with Crippen LogP contribution >= 0.6 is 0 Å². The van der Waals surface area contributed by atoms with E-state index in [2.05, 4.69) is 53.7 Å². The molecule has 0 aliphatic carbocycles. The van der Waals surface area contributed by atoms with Gasteiger partial charge in [0, 0.05) is 5.56 Å². The van der Waals surface area contributed by atoms with E-state index in [0.717, 1.165) is 22.9 Å². The minimum atomic E-state index is -0.00914. The second-order valence-electron chi connectivity index (χ2n) is 10.5. The van der Waals surface area contributed by atoms with Crippen molar-refractivity contribution in [1.82, 2.24) is 0 Å². The number of hydrogen-bond donors (Lipinski definition) is 0. The number of carbonyl (C=O) groups is 1. The van der Waals surface area contributed by atoms with Crippen molar-refractivity contribution in [2.45, 2.75) is 53.9 Å². The molecule has 0 bridgehead atoms. The highest BCUT2D eigenvalue weighted by Crippen LogP contribution is 2.43. The van der Waals surface area contributed by atoms with E-state index in [0.29, 0.717) is 11.5 Å². The average molecular weight is 403 g/mol. The standard InChI is InChI=1S/C28H34O2/c1-27(2,3)18-25(28(4,5)6)21-13-15-24(16-14-21)30-19-26(29)23-12-11-20-9-7-8-10-22(20)17-23/h7-17,25H,18-19H2,1-6H3. The molecule has 158 valence electrons. The van der Waals surface area contributed by atoms with Crippen molar-refractivity contribution >= 4 is 16.6 Å². The average Bonchev–Trinajstić information content (AvgIpc) is 2.69. The van der Waals surface area contributed by atoms with Crippen molar-refractivity contribution in [2.24, 2.45) is 10.8 Å². The lowest BCUT2D eigenvalue weighted by Gasteiger charge is -2.36. The molecule has 3 rings (SSSR count). The molecule has 3 aromatic carbocycles. The Morgan fingerprint density at radius 3 is 2.07 bits per heavy atom. The van der Waals surface area contributed by atoms with Gasteiger partial charge in [0.2, 0.25) is 0 Å². The maximum Gasteiger partial charge on any atom is 0.200 e. The van der Waals surface area contributed by atoms with Crippen LogP contribution in [0.25, 0.3) is 10.8 Å². The number of Topliss-reactive ketones (excluding diaryl/α,β-unsaturated/α-hetero) is 1. The molecule has 0 spiro atoms. The molecule has 0 radical (unpaired) electrons. The largest absolute Gasteiger partial charge is 0.485 e.